The van der Waals surface area contributed by atoms with Gasteiger partial charge >= 0.3 is 28.1 Å². The summed E-state index contributed by atoms with van der Waals surface area (Å²) in [5, 5.41) is 5.27. The number of hydrogen-bond donors (Lipinski definition) is 0. The maximum atomic E-state index is 12.2. The van der Waals surface area contributed by atoms with Crippen LogP contribution in [-0.2, 0) is 35.0 Å². The molecule has 0 atom stereocenters. The van der Waals surface area contributed by atoms with Gasteiger partial charge in [-0.15, -0.1) is 0 Å². The second kappa shape index (κ2) is 7.01. The van der Waals surface area contributed by atoms with Crippen LogP contribution in [-0.4, -0.2) is 15.5 Å². The van der Waals surface area contributed by atoms with Gasteiger partial charge in [-0.25, -0.2) is 9.36 Å². The van der Waals surface area contributed by atoms with Crippen molar-refractivity contribution in [2.45, 2.75) is 6.92 Å². The molecule has 0 fully saturated rings. The minimum Gasteiger partial charge on any atom is -0.786 e. The molecule has 0 saturated heterocycles. The van der Waals surface area contributed by atoms with E-state index in [1.54, 1.807) is 31.2 Å². The Labute approximate surface area is 140 Å². The minimum atomic E-state index is -0.754. The van der Waals surface area contributed by atoms with Gasteiger partial charge in [0.1, 0.15) is 0 Å². The summed E-state index contributed by atoms with van der Waals surface area (Å²) in [4.78, 5) is 23.7. The molecule has 0 spiro atoms. The molecule has 0 aliphatic heterocycles. The molecule has 0 unspecified atom stereocenters. The van der Waals surface area contributed by atoms with E-state index in [0.29, 0.717) is 16.3 Å². The standard InChI is InChI=1S/C12H9ClN2O3S.Ag/c1-7(6-19)15-11(14-18-12(15)17)10(16)8-2-4-9(13)5-3-8;/h2-6,19H,1H3;/q;+1/p-1/b7-6-;. The van der Waals surface area contributed by atoms with Crippen molar-refractivity contribution in [3.63, 3.8) is 0 Å². The number of nitrogens with zero attached hydrogens (tertiary/aromatic N) is 2. The van der Waals surface area contributed by atoms with Crippen molar-refractivity contribution >= 4 is 35.7 Å². The molecule has 108 valence electrons. The van der Waals surface area contributed by atoms with Gasteiger partial charge in [0.2, 0.25) is 11.6 Å². The van der Waals surface area contributed by atoms with E-state index in [0.717, 1.165) is 4.57 Å². The number of hydrogen-bond acceptors (Lipinski definition) is 5. The maximum absolute atomic E-state index is 12.2. The van der Waals surface area contributed by atoms with E-state index < -0.39 is 11.5 Å². The first-order valence-corrected chi connectivity index (χ1v) is 6.07. The van der Waals surface area contributed by atoms with Gasteiger partial charge in [-0.2, -0.15) is 5.41 Å². The van der Waals surface area contributed by atoms with Crippen molar-refractivity contribution < 1.29 is 31.7 Å². The quantitative estimate of drug-likeness (QED) is 0.446. The summed E-state index contributed by atoms with van der Waals surface area (Å²) >= 11 is 10.5. The first kappa shape index (κ1) is 16.9. The minimum absolute atomic E-state index is 0. The Morgan fingerprint density at radius 3 is 2.55 bits per heavy atom. The third-order valence-corrected chi connectivity index (χ3v) is 3.03. The van der Waals surface area contributed by atoms with E-state index in [4.69, 9.17) is 24.2 Å². The van der Waals surface area contributed by atoms with Crippen LogP contribution in [0.2, 0.25) is 5.02 Å². The fourth-order valence-electron chi connectivity index (χ4n) is 1.49. The summed E-state index contributed by atoms with van der Waals surface area (Å²) in [6.45, 7) is 1.59. The number of benzene rings is 1. The average molecular weight is 404 g/mol. The Kier molecular flexibility index (Phi) is 5.91. The Morgan fingerprint density at radius 1 is 1.40 bits per heavy atom. The normalized spacial score (nSPS) is 11.0. The van der Waals surface area contributed by atoms with Crippen LogP contribution >= 0.6 is 11.6 Å². The van der Waals surface area contributed by atoms with Crippen LogP contribution in [0.1, 0.15) is 23.1 Å². The van der Waals surface area contributed by atoms with Gasteiger partial charge in [0.15, 0.2) is 0 Å². The number of halogens is 1. The molecule has 2 rings (SSSR count). The van der Waals surface area contributed by atoms with Gasteiger partial charge in [-0.1, -0.05) is 16.8 Å². The summed E-state index contributed by atoms with van der Waals surface area (Å²) < 4.78 is 5.54. The molecule has 0 N–H and O–H groups in total. The van der Waals surface area contributed by atoms with Crippen LogP contribution in [0.25, 0.3) is 5.70 Å². The average Bonchev–Trinajstić information content (AvgIpc) is 2.80. The molecule has 1 heterocycles. The molecule has 0 bridgehead atoms. The molecule has 2 aromatic rings. The zero-order valence-electron chi connectivity index (χ0n) is 10.1. The van der Waals surface area contributed by atoms with Crippen molar-refractivity contribution in [2.24, 2.45) is 0 Å². The Balaban J connectivity index is 0.00000200. The number of carbonyl (C=O) groups excluding carboxylic acids is 1. The summed E-state index contributed by atoms with van der Waals surface area (Å²) in [5.74, 6) is -1.32. The van der Waals surface area contributed by atoms with Crippen LogP contribution in [0.4, 0.5) is 0 Å². The number of carbonyl (C=O) groups is 1. The van der Waals surface area contributed by atoms with E-state index in [9.17, 15) is 9.59 Å². The maximum Gasteiger partial charge on any atom is 1.00 e. The molecule has 0 radical (unpaired) electrons. The van der Waals surface area contributed by atoms with Crippen LogP contribution in [0.5, 0.6) is 0 Å². The van der Waals surface area contributed by atoms with Crippen LogP contribution < -0.4 is 5.76 Å². The van der Waals surface area contributed by atoms with Crippen molar-refractivity contribution in [3.05, 3.63) is 56.6 Å². The summed E-state index contributed by atoms with van der Waals surface area (Å²) in [7, 11) is 0. The first-order chi connectivity index (χ1) is 9.04. The SMILES string of the molecule is C/C(=C/[S-])n1c(C(=O)c2ccc(Cl)cc2)noc1=O.[Ag+]. The number of aromatic nitrogens is 2. The van der Waals surface area contributed by atoms with Crippen molar-refractivity contribution in [1.82, 2.24) is 9.72 Å². The smallest absolute Gasteiger partial charge is 0.786 e. The summed E-state index contributed by atoms with van der Waals surface area (Å²) in [6, 6.07) is 6.24. The van der Waals surface area contributed by atoms with E-state index in [2.05, 4.69) is 9.68 Å². The Hall–Kier alpha value is -1.18. The predicted octanol–water partition coefficient (Wildman–Crippen LogP) is 2.08. The van der Waals surface area contributed by atoms with Gasteiger partial charge in [0.25, 0.3) is 0 Å². The number of rotatable bonds is 3. The third kappa shape index (κ3) is 3.28. The molecule has 0 saturated carbocycles. The van der Waals surface area contributed by atoms with Crippen LogP contribution in [0.3, 0.4) is 0 Å². The van der Waals surface area contributed by atoms with Gasteiger partial charge in [-0.05, 0) is 31.2 Å². The zero-order valence-corrected chi connectivity index (χ0v) is 13.1. The summed E-state index contributed by atoms with van der Waals surface area (Å²) in [6.07, 6.45) is 0. The number of allylic oxidation sites excluding steroid dienone is 1. The van der Waals surface area contributed by atoms with Crippen LogP contribution in [0, 0.1) is 0 Å². The first-order valence-electron chi connectivity index (χ1n) is 5.22. The van der Waals surface area contributed by atoms with Gasteiger partial charge < -0.3 is 12.6 Å². The van der Waals surface area contributed by atoms with Crippen LogP contribution in [0.15, 0.2) is 39.0 Å². The molecule has 20 heavy (non-hydrogen) atoms. The van der Waals surface area contributed by atoms with E-state index in [1.807, 2.05) is 0 Å². The van der Waals surface area contributed by atoms with Crippen molar-refractivity contribution in [1.29, 1.82) is 0 Å². The fourth-order valence-corrected chi connectivity index (χ4v) is 1.72. The molecule has 0 aliphatic rings. The van der Waals surface area contributed by atoms with E-state index >= 15 is 0 Å². The second-order valence-electron chi connectivity index (χ2n) is 3.70. The monoisotopic (exact) mass is 402 g/mol. The second-order valence-corrected chi connectivity index (χ2v) is 4.37. The van der Waals surface area contributed by atoms with Gasteiger partial charge in [0.05, 0.1) is 0 Å². The zero-order chi connectivity index (χ0) is 14.0. The van der Waals surface area contributed by atoms with Crippen molar-refractivity contribution in [2.75, 3.05) is 0 Å². The van der Waals surface area contributed by atoms with Crippen molar-refractivity contribution in [3.8, 4) is 0 Å². The topological polar surface area (TPSA) is 65.1 Å². The van der Waals surface area contributed by atoms with E-state index in [-0.39, 0.29) is 28.2 Å². The molecule has 0 aliphatic carbocycles. The summed E-state index contributed by atoms with van der Waals surface area (Å²) in [5.41, 5.74) is 0.738. The molecular weight excluding hydrogens is 396 g/mol. The Morgan fingerprint density at radius 2 is 2.00 bits per heavy atom. The predicted molar refractivity (Wildman–Crippen MR) is 73.0 cm³/mol. The molecule has 1 aromatic carbocycles. The molecule has 0 amide bonds. The number of ketones is 1. The fraction of sp³-hybridized carbons (Fsp3) is 0.0833. The molecule has 5 nitrogen and oxygen atoms in total. The molecular formula is C12H8AgClN2O3S. The largest absolute Gasteiger partial charge is 1.00 e. The van der Waals surface area contributed by atoms with Gasteiger partial charge in [0, 0.05) is 16.3 Å². The van der Waals surface area contributed by atoms with Gasteiger partial charge in [-0.3, -0.25) is 9.32 Å². The molecule has 1 aromatic heterocycles. The third-order valence-electron chi connectivity index (χ3n) is 2.44. The molecule has 8 heteroatoms. The van der Waals surface area contributed by atoms with E-state index in [1.165, 1.54) is 5.41 Å². The Bertz CT molecular complexity index is 706.